The molecule has 2 aromatic carbocycles. The van der Waals surface area contributed by atoms with Crippen LogP contribution in [-0.2, 0) is 13.0 Å². The zero-order chi connectivity index (χ0) is 21.2. The average Bonchev–Trinajstić information content (AvgIpc) is 3.24. The molecule has 3 N–H and O–H groups in total. The normalized spacial score (nSPS) is 15.9. The van der Waals surface area contributed by atoms with Gasteiger partial charge in [0.05, 0.1) is 10.6 Å². The number of aliphatic imine (C=N–C) groups is 1. The Morgan fingerprint density at radius 3 is 2.90 bits per heavy atom. The Balaban J connectivity index is 1.34. The summed E-state index contributed by atoms with van der Waals surface area (Å²) in [4.78, 5) is 20.5. The van der Waals surface area contributed by atoms with Crippen LogP contribution in [0, 0.1) is 0 Å². The quantitative estimate of drug-likeness (QED) is 0.565. The van der Waals surface area contributed by atoms with Crippen molar-refractivity contribution >= 4 is 50.6 Å². The van der Waals surface area contributed by atoms with Crippen molar-refractivity contribution in [1.82, 2.24) is 20.9 Å². The van der Waals surface area contributed by atoms with E-state index in [1.165, 1.54) is 5.56 Å². The molecule has 8 heteroatoms. The maximum Gasteiger partial charge on any atom is 0.264 e. The molecule has 1 saturated heterocycles. The Labute approximate surface area is 190 Å². The number of fused-ring (bicyclic) bond motifs is 3. The van der Waals surface area contributed by atoms with Crippen molar-refractivity contribution in [2.24, 2.45) is 4.99 Å². The summed E-state index contributed by atoms with van der Waals surface area (Å²) in [6, 6.07) is 14.1. The van der Waals surface area contributed by atoms with Gasteiger partial charge in [0.2, 0.25) is 0 Å². The highest BCUT2D eigenvalue weighted by Crippen LogP contribution is 2.37. The van der Waals surface area contributed by atoms with Gasteiger partial charge in [-0.25, -0.2) is 4.99 Å². The number of guanidine groups is 1. The summed E-state index contributed by atoms with van der Waals surface area (Å²) in [5, 5.41) is 11.8. The smallest absolute Gasteiger partial charge is 0.264 e. The molecule has 1 aromatic heterocycles. The lowest BCUT2D eigenvalue weighted by Gasteiger charge is -2.26. The molecule has 0 bridgehead atoms. The summed E-state index contributed by atoms with van der Waals surface area (Å²) >= 11 is 7.63. The minimum absolute atomic E-state index is 0.120. The molecule has 1 amide bonds. The number of carbonyl (C=O) groups is 1. The fourth-order valence-electron chi connectivity index (χ4n) is 4.00. The standard InChI is InChI=1S/C23H24ClN5OS/c24-17-3-1-2-15(12-17)6-7-26-23-27-14-16-4-5-19-18(21(16)28-23)13-20(31-19)22(30)29-10-8-25-9-11-29/h1-5,12-13,25H,6-11,14H2,(H2,26,27,28). The van der Waals surface area contributed by atoms with Crippen LogP contribution in [0.1, 0.15) is 20.8 Å². The van der Waals surface area contributed by atoms with Crippen molar-refractivity contribution in [3.8, 4) is 0 Å². The fraction of sp³-hybridized carbons (Fsp3) is 0.304. The lowest BCUT2D eigenvalue weighted by atomic mass is 10.1. The van der Waals surface area contributed by atoms with Gasteiger partial charge in [0, 0.05) is 54.4 Å². The van der Waals surface area contributed by atoms with Gasteiger partial charge in [0.1, 0.15) is 0 Å². The zero-order valence-corrected chi connectivity index (χ0v) is 18.7. The third-order valence-electron chi connectivity index (χ3n) is 5.64. The SMILES string of the molecule is O=C(c1cc2c3c(ccc2s1)CNC(NCCc1cccc(Cl)c1)=N3)N1CCNCC1. The summed E-state index contributed by atoms with van der Waals surface area (Å²) < 4.78 is 1.10. The number of amides is 1. The Morgan fingerprint density at radius 1 is 1.19 bits per heavy atom. The van der Waals surface area contributed by atoms with Crippen LogP contribution < -0.4 is 16.0 Å². The van der Waals surface area contributed by atoms with Crippen LogP contribution in [0.25, 0.3) is 10.1 Å². The van der Waals surface area contributed by atoms with Crippen LogP contribution in [0.2, 0.25) is 5.02 Å². The number of piperazine rings is 1. The van der Waals surface area contributed by atoms with Crippen LogP contribution in [0.3, 0.4) is 0 Å². The van der Waals surface area contributed by atoms with E-state index in [2.05, 4.69) is 34.1 Å². The van der Waals surface area contributed by atoms with Gasteiger partial charge < -0.3 is 20.9 Å². The van der Waals surface area contributed by atoms with E-state index in [9.17, 15) is 4.79 Å². The molecule has 0 radical (unpaired) electrons. The van der Waals surface area contributed by atoms with Gasteiger partial charge in [0.15, 0.2) is 5.96 Å². The first-order valence-electron chi connectivity index (χ1n) is 10.5. The van der Waals surface area contributed by atoms with E-state index in [4.69, 9.17) is 16.6 Å². The molecule has 0 spiro atoms. The van der Waals surface area contributed by atoms with Crippen LogP contribution in [0.15, 0.2) is 47.5 Å². The van der Waals surface area contributed by atoms with E-state index >= 15 is 0 Å². The molecule has 0 saturated carbocycles. The minimum Gasteiger partial charge on any atom is -0.356 e. The molecule has 6 nitrogen and oxygen atoms in total. The maximum atomic E-state index is 12.9. The van der Waals surface area contributed by atoms with Gasteiger partial charge in [0.25, 0.3) is 5.91 Å². The third-order valence-corrected chi connectivity index (χ3v) is 6.96. The number of nitrogens with zero attached hydrogens (tertiary/aromatic N) is 2. The molecule has 2 aliphatic heterocycles. The predicted molar refractivity (Wildman–Crippen MR) is 128 cm³/mol. The van der Waals surface area contributed by atoms with Crippen LogP contribution in [0.5, 0.6) is 0 Å². The Hall–Kier alpha value is -2.61. The van der Waals surface area contributed by atoms with Crippen molar-refractivity contribution < 1.29 is 4.79 Å². The van der Waals surface area contributed by atoms with Crippen molar-refractivity contribution in [1.29, 1.82) is 0 Å². The second-order valence-electron chi connectivity index (χ2n) is 7.76. The largest absolute Gasteiger partial charge is 0.356 e. The molecule has 0 aliphatic carbocycles. The Morgan fingerprint density at radius 2 is 2.06 bits per heavy atom. The second-order valence-corrected chi connectivity index (χ2v) is 9.28. The average molecular weight is 454 g/mol. The number of rotatable bonds is 4. The van der Waals surface area contributed by atoms with E-state index in [0.29, 0.717) is 6.54 Å². The number of benzene rings is 2. The predicted octanol–water partition coefficient (Wildman–Crippen LogP) is 3.52. The molecular weight excluding hydrogens is 430 g/mol. The van der Waals surface area contributed by atoms with Gasteiger partial charge >= 0.3 is 0 Å². The topological polar surface area (TPSA) is 68.8 Å². The first-order valence-corrected chi connectivity index (χ1v) is 11.7. The monoisotopic (exact) mass is 453 g/mol. The van der Waals surface area contributed by atoms with E-state index in [0.717, 1.165) is 76.3 Å². The van der Waals surface area contributed by atoms with Crippen molar-refractivity contribution in [2.45, 2.75) is 13.0 Å². The Bertz CT molecular complexity index is 1150. The number of hydrogen-bond donors (Lipinski definition) is 3. The number of nitrogens with one attached hydrogen (secondary N) is 3. The highest BCUT2D eigenvalue weighted by molar-refractivity contribution is 7.20. The van der Waals surface area contributed by atoms with E-state index in [-0.39, 0.29) is 5.91 Å². The number of halogens is 1. The molecule has 1 fully saturated rings. The van der Waals surface area contributed by atoms with Crippen molar-refractivity contribution in [3.05, 3.63) is 63.5 Å². The summed E-state index contributed by atoms with van der Waals surface area (Å²) in [7, 11) is 0. The van der Waals surface area contributed by atoms with E-state index in [1.807, 2.05) is 29.2 Å². The maximum absolute atomic E-state index is 12.9. The van der Waals surface area contributed by atoms with E-state index < -0.39 is 0 Å². The van der Waals surface area contributed by atoms with Crippen molar-refractivity contribution in [3.63, 3.8) is 0 Å². The number of thiophene rings is 1. The van der Waals surface area contributed by atoms with Gasteiger partial charge in [-0.2, -0.15) is 0 Å². The van der Waals surface area contributed by atoms with Gasteiger partial charge in [-0.3, -0.25) is 4.79 Å². The molecule has 160 valence electrons. The minimum atomic E-state index is 0.120. The molecule has 0 atom stereocenters. The third kappa shape index (κ3) is 4.39. The first kappa shape index (κ1) is 20.3. The number of carbonyl (C=O) groups excluding carboxylic acids is 1. The summed E-state index contributed by atoms with van der Waals surface area (Å²) in [6.07, 6.45) is 0.861. The van der Waals surface area contributed by atoms with Crippen LogP contribution >= 0.6 is 22.9 Å². The lowest BCUT2D eigenvalue weighted by Crippen LogP contribution is -2.46. The zero-order valence-electron chi connectivity index (χ0n) is 17.1. The van der Waals surface area contributed by atoms with Gasteiger partial charge in [-0.1, -0.05) is 29.8 Å². The van der Waals surface area contributed by atoms with Crippen LogP contribution in [0.4, 0.5) is 5.69 Å². The molecular formula is C23H24ClN5OS. The highest BCUT2D eigenvalue weighted by Gasteiger charge is 2.22. The molecule has 3 aromatic rings. The summed E-state index contributed by atoms with van der Waals surface area (Å²) in [5.41, 5.74) is 3.29. The molecule has 31 heavy (non-hydrogen) atoms. The molecule has 3 heterocycles. The lowest BCUT2D eigenvalue weighted by molar-refractivity contribution is 0.0741. The van der Waals surface area contributed by atoms with Crippen LogP contribution in [-0.4, -0.2) is 49.5 Å². The van der Waals surface area contributed by atoms with E-state index in [1.54, 1.807) is 11.3 Å². The second kappa shape index (κ2) is 8.86. The summed E-state index contributed by atoms with van der Waals surface area (Å²) in [5.74, 6) is 0.887. The van der Waals surface area contributed by atoms with Crippen molar-refractivity contribution in [2.75, 3.05) is 32.7 Å². The van der Waals surface area contributed by atoms with Gasteiger partial charge in [-0.15, -0.1) is 11.3 Å². The summed E-state index contributed by atoms with van der Waals surface area (Å²) in [6.45, 7) is 4.69. The Kier molecular flexibility index (Phi) is 5.80. The molecule has 5 rings (SSSR count). The molecule has 2 aliphatic rings. The highest BCUT2D eigenvalue weighted by atomic mass is 35.5. The number of hydrogen-bond acceptors (Lipinski definition) is 6. The molecule has 0 unspecified atom stereocenters. The fourth-order valence-corrected chi connectivity index (χ4v) is 5.24. The van der Waals surface area contributed by atoms with Gasteiger partial charge in [-0.05, 0) is 41.8 Å². The first-order chi connectivity index (χ1) is 15.2.